The minimum Gasteiger partial charge on any atom is -0.504 e. The topological polar surface area (TPSA) is 59.0 Å². The van der Waals surface area contributed by atoms with Crippen LogP contribution in [-0.4, -0.2) is 42.4 Å². The van der Waals surface area contributed by atoms with Gasteiger partial charge in [0.25, 0.3) is 0 Å². The molecule has 1 heterocycles. The molecule has 6 heteroatoms. The number of amides is 1. The summed E-state index contributed by atoms with van der Waals surface area (Å²) in [5.74, 6) is 1.93. The Balaban J connectivity index is 1.78. The molecule has 1 amide bonds. The maximum Gasteiger partial charge on any atom is 0.233 e. The van der Waals surface area contributed by atoms with E-state index in [9.17, 15) is 9.90 Å². The van der Waals surface area contributed by atoms with Gasteiger partial charge in [-0.25, -0.2) is 0 Å². The number of ether oxygens (including phenoxy) is 2. The number of carbonyl (C=O) groups is 1. The number of phenols is 1. The normalized spacial score (nSPS) is 17.0. The second-order valence-corrected chi connectivity index (χ2v) is 6.81. The smallest absolute Gasteiger partial charge is 0.233 e. The van der Waals surface area contributed by atoms with Gasteiger partial charge >= 0.3 is 0 Å². The molecule has 3 rings (SSSR count). The number of rotatable bonds is 6. The number of benzene rings is 2. The molecule has 1 aliphatic heterocycles. The standard InChI is InChI=1S/C19H21NO4S/c1-23-16-6-4-3-5-13(16)9-10-20-18(22)12-25-19(20)14-7-8-15(21)17(11-14)24-2/h3-8,11,19,21H,9-10,12H2,1-2H3. The molecule has 1 saturated heterocycles. The van der Waals surface area contributed by atoms with Crippen molar-refractivity contribution in [3.63, 3.8) is 0 Å². The highest BCUT2D eigenvalue weighted by Gasteiger charge is 2.33. The highest BCUT2D eigenvalue weighted by Crippen LogP contribution is 2.41. The zero-order valence-electron chi connectivity index (χ0n) is 14.3. The molecule has 1 unspecified atom stereocenters. The summed E-state index contributed by atoms with van der Waals surface area (Å²) in [6.07, 6.45) is 0.724. The molecule has 1 N–H and O–H groups in total. The number of para-hydroxylation sites is 1. The Labute approximate surface area is 151 Å². The van der Waals surface area contributed by atoms with Crippen LogP contribution in [0.5, 0.6) is 17.2 Å². The maximum absolute atomic E-state index is 12.3. The van der Waals surface area contributed by atoms with Gasteiger partial charge < -0.3 is 19.5 Å². The van der Waals surface area contributed by atoms with Crippen molar-refractivity contribution in [3.8, 4) is 17.2 Å². The largest absolute Gasteiger partial charge is 0.504 e. The zero-order chi connectivity index (χ0) is 17.8. The first-order valence-corrected chi connectivity index (χ1v) is 9.08. The van der Waals surface area contributed by atoms with Crippen LogP contribution in [0, 0.1) is 0 Å². The first-order chi connectivity index (χ1) is 12.1. The molecule has 2 aromatic rings. The molecule has 132 valence electrons. The van der Waals surface area contributed by atoms with Crippen LogP contribution in [0.4, 0.5) is 0 Å². The molecule has 0 bridgehead atoms. The quantitative estimate of drug-likeness (QED) is 0.858. The number of nitrogens with zero attached hydrogens (tertiary/aromatic N) is 1. The van der Waals surface area contributed by atoms with Gasteiger partial charge in [-0.2, -0.15) is 0 Å². The van der Waals surface area contributed by atoms with Crippen LogP contribution in [0.25, 0.3) is 0 Å². The van der Waals surface area contributed by atoms with E-state index in [2.05, 4.69) is 0 Å². The summed E-state index contributed by atoms with van der Waals surface area (Å²) >= 11 is 1.59. The number of hydrogen-bond acceptors (Lipinski definition) is 5. The number of carbonyl (C=O) groups excluding carboxylic acids is 1. The monoisotopic (exact) mass is 359 g/mol. The van der Waals surface area contributed by atoms with Crippen molar-refractivity contribution in [2.24, 2.45) is 0 Å². The van der Waals surface area contributed by atoms with E-state index in [4.69, 9.17) is 9.47 Å². The molecule has 0 saturated carbocycles. The SMILES string of the molecule is COc1cc(C2SCC(=O)N2CCc2ccccc2OC)ccc1O. The third-order valence-corrected chi connectivity index (χ3v) is 5.53. The second kappa shape index (κ2) is 7.70. The van der Waals surface area contributed by atoms with E-state index in [-0.39, 0.29) is 17.0 Å². The average Bonchev–Trinajstić information content (AvgIpc) is 3.01. The Morgan fingerprint density at radius 3 is 2.68 bits per heavy atom. The lowest BCUT2D eigenvalue weighted by Crippen LogP contribution is -2.30. The molecular formula is C19H21NO4S. The molecular weight excluding hydrogens is 338 g/mol. The van der Waals surface area contributed by atoms with Crippen molar-refractivity contribution in [2.45, 2.75) is 11.8 Å². The maximum atomic E-state index is 12.3. The van der Waals surface area contributed by atoms with Crippen molar-refractivity contribution in [1.29, 1.82) is 0 Å². The van der Waals surface area contributed by atoms with Crippen LogP contribution >= 0.6 is 11.8 Å². The average molecular weight is 359 g/mol. The fourth-order valence-electron chi connectivity index (χ4n) is 2.97. The Morgan fingerprint density at radius 2 is 1.92 bits per heavy atom. The summed E-state index contributed by atoms with van der Waals surface area (Å²) in [7, 11) is 3.17. The minimum atomic E-state index is -0.0725. The van der Waals surface area contributed by atoms with Gasteiger partial charge in [-0.1, -0.05) is 24.3 Å². The molecule has 5 nitrogen and oxygen atoms in total. The van der Waals surface area contributed by atoms with Gasteiger partial charge in [0.05, 0.1) is 20.0 Å². The fourth-order valence-corrected chi connectivity index (χ4v) is 4.18. The number of hydrogen-bond donors (Lipinski definition) is 1. The Hall–Kier alpha value is -2.34. The zero-order valence-corrected chi connectivity index (χ0v) is 15.1. The van der Waals surface area contributed by atoms with Gasteiger partial charge in [0.15, 0.2) is 11.5 Å². The Morgan fingerprint density at radius 1 is 1.16 bits per heavy atom. The highest BCUT2D eigenvalue weighted by atomic mass is 32.2. The molecule has 0 aliphatic carbocycles. The number of phenolic OH excluding ortho intramolecular Hbond substituents is 1. The lowest BCUT2D eigenvalue weighted by molar-refractivity contribution is -0.128. The van der Waals surface area contributed by atoms with E-state index in [0.29, 0.717) is 18.0 Å². The minimum absolute atomic E-state index is 0.0725. The summed E-state index contributed by atoms with van der Waals surface area (Å²) in [5.41, 5.74) is 2.03. The number of thioether (sulfide) groups is 1. The molecule has 1 atom stereocenters. The van der Waals surface area contributed by atoms with E-state index in [1.807, 2.05) is 35.2 Å². The van der Waals surface area contributed by atoms with Crippen LogP contribution < -0.4 is 9.47 Å². The third kappa shape index (κ3) is 3.69. The lowest BCUT2D eigenvalue weighted by atomic mass is 10.1. The summed E-state index contributed by atoms with van der Waals surface area (Å²) in [6, 6.07) is 13.1. The van der Waals surface area contributed by atoms with E-state index in [1.165, 1.54) is 7.11 Å². The molecule has 0 spiro atoms. The molecule has 0 aromatic heterocycles. The number of methoxy groups -OCH3 is 2. The van der Waals surface area contributed by atoms with Gasteiger partial charge in [-0.3, -0.25) is 4.79 Å². The lowest BCUT2D eigenvalue weighted by Gasteiger charge is -2.25. The van der Waals surface area contributed by atoms with Gasteiger partial charge in [-0.15, -0.1) is 11.8 Å². The summed E-state index contributed by atoms with van der Waals surface area (Å²) < 4.78 is 10.6. The number of aromatic hydroxyl groups is 1. The van der Waals surface area contributed by atoms with Crippen LogP contribution in [0.1, 0.15) is 16.5 Å². The van der Waals surface area contributed by atoms with Crippen molar-refractivity contribution in [1.82, 2.24) is 4.90 Å². The van der Waals surface area contributed by atoms with E-state index in [0.717, 1.165) is 23.3 Å². The van der Waals surface area contributed by atoms with Gasteiger partial charge in [0.1, 0.15) is 11.1 Å². The Kier molecular flexibility index (Phi) is 5.38. The Bertz CT molecular complexity index is 765. The molecule has 0 radical (unpaired) electrons. The van der Waals surface area contributed by atoms with E-state index >= 15 is 0 Å². The van der Waals surface area contributed by atoms with Gasteiger partial charge in [0.2, 0.25) is 5.91 Å². The molecule has 25 heavy (non-hydrogen) atoms. The van der Waals surface area contributed by atoms with E-state index < -0.39 is 0 Å². The summed E-state index contributed by atoms with van der Waals surface area (Å²) in [5, 5.41) is 9.71. The predicted octanol–water partition coefficient (Wildman–Crippen LogP) is 3.23. The first kappa shape index (κ1) is 17.5. The van der Waals surface area contributed by atoms with Crippen LogP contribution in [0.3, 0.4) is 0 Å². The summed E-state index contributed by atoms with van der Waals surface area (Å²) in [4.78, 5) is 14.2. The third-order valence-electron chi connectivity index (χ3n) is 4.27. The first-order valence-electron chi connectivity index (χ1n) is 8.04. The van der Waals surface area contributed by atoms with Crippen molar-refractivity contribution < 1.29 is 19.4 Å². The van der Waals surface area contributed by atoms with Gasteiger partial charge in [-0.05, 0) is 35.7 Å². The van der Waals surface area contributed by atoms with Crippen LogP contribution in [-0.2, 0) is 11.2 Å². The van der Waals surface area contributed by atoms with Crippen molar-refractivity contribution in [3.05, 3.63) is 53.6 Å². The molecule has 1 fully saturated rings. The van der Waals surface area contributed by atoms with Crippen molar-refractivity contribution >= 4 is 17.7 Å². The van der Waals surface area contributed by atoms with Gasteiger partial charge in [0, 0.05) is 6.54 Å². The van der Waals surface area contributed by atoms with E-state index in [1.54, 1.807) is 31.0 Å². The molecule has 1 aliphatic rings. The highest BCUT2D eigenvalue weighted by molar-refractivity contribution is 8.00. The molecule has 2 aromatic carbocycles. The summed E-state index contributed by atoms with van der Waals surface area (Å²) in [6.45, 7) is 0.611. The van der Waals surface area contributed by atoms with Crippen molar-refractivity contribution in [2.75, 3.05) is 26.5 Å². The predicted molar refractivity (Wildman–Crippen MR) is 98.3 cm³/mol. The fraction of sp³-hybridized carbons (Fsp3) is 0.316. The van der Waals surface area contributed by atoms with Crippen LogP contribution in [0.15, 0.2) is 42.5 Å². The second-order valence-electron chi connectivity index (χ2n) is 5.74. The van der Waals surface area contributed by atoms with Crippen LogP contribution in [0.2, 0.25) is 0 Å².